The van der Waals surface area contributed by atoms with Crippen LogP contribution in [0, 0.1) is 11.3 Å². The fourth-order valence-electron chi connectivity index (χ4n) is 4.53. The maximum Gasteiger partial charge on any atom is 0.00953 e. The summed E-state index contributed by atoms with van der Waals surface area (Å²) in [6.45, 7) is 12.0. The summed E-state index contributed by atoms with van der Waals surface area (Å²) in [6.07, 6.45) is 13.0. The Morgan fingerprint density at radius 3 is 2.24 bits per heavy atom. The van der Waals surface area contributed by atoms with Crippen molar-refractivity contribution < 1.29 is 0 Å². The van der Waals surface area contributed by atoms with Crippen molar-refractivity contribution in [3.63, 3.8) is 0 Å². The lowest BCUT2D eigenvalue weighted by molar-refractivity contribution is 0.0549. The number of hydrogen-bond acceptors (Lipinski definition) is 2. The molecule has 2 saturated carbocycles. The van der Waals surface area contributed by atoms with Gasteiger partial charge in [0.25, 0.3) is 0 Å². The third kappa shape index (κ3) is 4.96. The van der Waals surface area contributed by atoms with E-state index < -0.39 is 0 Å². The van der Waals surface area contributed by atoms with E-state index in [1.165, 1.54) is 77.4 Å². The number of hydrogen-bond donors (Lipinski definition) is 1. The van der Waals surface area contributed by atoms with Crippen molar-refractivity contribution in [2.45, 2.75) is 84.6 Å². The maximum atomic E-state index is 3.68. The smallest absolute Gasteiger partial charge is 0.00953 e. The highest BCUT2D eigenvalue weighted by molar-refractivity contribution is 4.91. The molecule has 0 aromatic carbocycles. The van der Waals surface area contributed by atoms with Crippen molar-refractivity contribution in [2.24, 2.45) is 11.3 Å². The second-order valence-electron chi connectivity index (χ2n) is 7.82. The Balaban J connectivity index is 1.98. The van der Waals surface area contributed by atoms with Crippen LogP contribution in [-0.4, -0.2) is 37.1 Å². The van der Waals surface area contributed by atoms with Crippen LogP contribution in [-0.2, 0) is 0 Å². The van der Waals surface area contributed by atoms with Crippen LogP contribution in [0.1, 0.15) is 78.6 Å². The molecule has 2 heteroatoms. The van der Waals surface area contributed by atoms with E-state index in [2.05, 4.69) is 31.0 Å². The highest BCUT2D eigenvalue weighted by Crippen LogP contribution is 2.40. The Labute approximate surface area is 133 Å². The molecule has 2 rings (SSSR count). The monoisotopic (exact) mass is 294 g/mol. The lowest BCUT2D eigenvalue weighted by Crippen LogP contribution is -2.49. The first kappa shape index (κ1) is 17.3. The van der Waals surface area contributed by atoms with Gasteiger partial charge in [-0.25, -0.2) is 0 Å². The van der Waals surface area contributed by atoms with E-state index in [0.29, 0.717) is 5.41 Å². The molecule has 2 fully saturated rings. The summed E-state index contributed by atoms with van der Waals surface area (Å²) in [5.41, 5.74) is 0.552. The first-order chi connectivity index (χ1) is 10.2. The van der Waals surface area contributed by atoms with Crippen LogP contribution in [0.25, 0.3) is 0 Å². The lowest BCUT2D eigenvalue weighted by atomic mass is 9.70. The van der Waals surface area contributed by atoms with Crippen molar-refractivity contribution in [1.82, 2.24) is 10.2 Å². The van der Waals surface area contributed by atoms with Gasteiger partial charge in [-0.15, -0.1) is 0 Å². The van der Waals surface area contributed by atoms with Crippen LogP contribution in [0.2, 0.25) is 0 Å². The van der Waals surface area contributed by atoms with E-state index in [4.69, 9.17) is 0 Å². The standard InChI is InChI=1S/C19H38N2/c1-4-20-15-19(13-11-17(3)12-14-19)16-21(5-2)18-9-7-6-8-10-18/h17-18,20H,4-16H2,1-3H3. The van der Waals surface area contributed by atoms with E-state index >= 15 is 0 Å². The van der Waals surface area contributed by atoms with E-state index in [1.54, 1.807) is 0 Å². The molecule has 0 aromatic rings. The molecule has 0 amide bonds. The Kier molecular flexibility index (Phi) is 7.01. The van der Waals surface area contributed by atoms with Gasteiger partial charge in [0.2, 0.25) is 0 Å². The van der Waals surface area contributed by atoms with E-state index in [1.807, 2.05) is 0 Å². The SMILES string of the molecule is CCNCC1(CN(CC)C2CCCCC2)CCC(C)CC1. The molecule has 0 aromatic heterocycles. The molecule has 0 saturated heterocycles. The second-order valence-corrected chi connectivity index (χ2v) is 7.82. The second kappa shape index (κ2) is 8.53. The average Bonchev–Trinajstić information content (AvgIpc) is 2.54. The van der Waals surface area contributed by atoms with Gasteiger partial charge in [0.05, 0.1) is 0 Å². The molecule has 0 unspecified atom stereocenters. The lowest BCUT2D eigenvalue weighted by Gasteiger charge is -2.45. The molecule has 2 aliphatic rings. The van der Waals surface area contributed by atoms with E-state index in [9.17, 15) is 0 Å². The molecule has 0 aliphatic heterocycles. The first-order valence-corrected chi connectivity index (χ1v) is 9.64. The van der Waals surface area contributed by atoms with Gasteiger partial charge in [0.1, 0.15) is 0 Å². The topological polar surface area (TPSA) is 15.3 Å². The fraction of sp³-hybridized carbons (Fsp3) is 1.00. The van der Waals surface area contributed by atoms with E-state index in [0.717, 1.165) is 18.5 Å². The minimum absolute atomic E-state index is 0.552. The molecule has 124 valence electrons. The maximum absolute atomic E-state index is 3.68. The number of rotatable bonds is 7. The van der Waals surface area contributed by atoms with Gasteiger partial charge < -0.3 is 10.2 Å². The molecule has 2 aliphatic carbocycles. The highest BCUT2D eigenvalue weighted by atomic mass is 15.2. The van der Waals surface area contributed by atoms with Crippen LogP contribution in [0.4, 0.5) is 0 Å². The van der Waals surface area contributed by atoms with Crippen molar-refractivity contribution in [3.05, 3.63) is 0 Å². The normalized spacial score (nSPS) is 31.7. The Bertz CT molecular complexity index is 270. The Morgan fingerprint density at radius 2 is 1.67 bits per heavy atom. The first-order valence-electron chi connectivity index (χ1n) is 9.64. The summed E-state index contributed by atoms with van der Waals surface area (Å²) in [5.74, 6) is 0.949. The summed E-state index contributed by atoms with van der Waals surface area (Å²) in [7, 11) is 0. The minimum Gasteiger partial charge on any atom is -0.316 e. The van der Waals surface area contributed by atoms with Gasteiger partial charge in [-0.2, -0.15) is 0 Å². The molecule has 0 heterocycles. The zero-order valence-electron chi connectivity index (χ0n) is 14.8. The zero-order chi connectivity index (χ0) is 15.1. The van der Waals surface area contributed by atoms with Crippen LogP contribution in [0.5, 0.6) is 0 Å². The molecule has 0 bridgehead atoms. The molecular formula is C19H38N2. The Morgan fingerprint density at radius 1 is 1.00 bits per heavy atom. The number of nitrogens with zero attached hydrogens (tertiary/aromatic N) is 1. The zero-order valence-corrected chi connectivity index (χ0v) is 14.8. The van der Waals surface area contributed by atoms with Gasteiger partial charge in [0, 0.05) is 19.1 Å². The average molecular weight is 295 g/mol. The van der Waals surface area contributed by atoms with Crippen molar-refractivity contribution >= 4 is 0 Å². The van der Waals surface area contributed by atoms with Crippen molar-refractivity contribution in [3.8, 4) is 0 Å². The fourth-order valence-corrected chi connectivity index (χ4v) is 4.53. The quantitative estimate of drug-likeness (QED) is 0.746. The molecule has 0 radical (unpaired) electrons. The summed E-state index contributed by atoms with van der Waals surface area (Å²) in [6, 6.07) is 0.876. The van der Waals surface area contributed by atoms with Gasteiger partial charge >= 0.3 is 0 Å². The summed E-state index contributed by atoms with van der Waals surface area (Å²) in [4.78, 5) is 2.84. The number of nitrogens with one attached hydrogen (secondary N) is 1. The molecule has 0 spiro atoms. The summed E-state index contributed by atoms with van der Waals surface area (Å²) in [5, 5.41) is 3.68. The molecule has 21 heavy (non-hydrogen) atoms. The molecular weight excluding hydrogens is 256 g/mol. The largest absolute Gasteiger partial charge is 0.316 e. The third-order valence-electron chi connectivity index (χ3n) is 6.12. The Hall–Kier alpha value is -0.0800. The molecule has 0 atom stereocenters. The van der Waals surface area contributed by atoms with Gasteiger partial charge in [-0.1, -0.05) is 52.9 Å². The van der Waals surface area contributed by atoms with Crippen LogP contribution in [0.15, 0.2) is 0 Å². The minimum atomic E-state index is 0.552. The predicted molar refractivity (Wildman–Crippen MR) is 92.7 cm³/mol. The van der Waals surface area contributed by atoms with Gasteiger partial charge in [-0.05, 0) is 50.1 Å². The van der Waals surface area contributed by atoms with Crippen LogP contribution in [0.3, 0.4) is 0 Å². The third-order valence-corrected chi connectivity index (χ3v) is 6.12. The molecule has 1 N–H and O–H groups in total. The summed E-state index contributed by atoms with van der Waals surface area (Å²) >= 11 is 0. The summed E-state index contributed by atoms with van der Waals surface area (Å²) < 4.78 is 0. The molecule has 2 nitrogen and oxygen atoms in total. The van der Waals surface area contributed by atoms with Crippen molar-refractivity contribution in [2.75, 3.05) is 26.2 Å². The van der Waals surface area contributed by atoms with Crippen LogP contribution < -0.4 is 5.32 Å². The van der Waals surface area contributed by atoms with Crippen LogP contribution >= 0.6 is 0 Å². The van der Waals surface area contributed by atoms with Crippen molar-refractivity contribution in [1.29, 1.82) is 0 Å². The van der Waals surface area contributed by atoms with E-state index in [-0.39, 0.29) is 0 Å². The highest BCUT2D eigenvalue weighted by Gasteiger charge is 2.36. The van der Waals surface area contributed by atoms with Gasteiger partial charge in [-0.3, -0.25) is 0 Å². The predicted octanol–water partition coefficient (Wildman–Crippen LogP) is 4.45. The van der Waals surface area contributed by atoms with Gasteiger partial charge in [0.15, 0.2) is 0 Å².